The third-order valence-corrected chi connectivity index (χ3v) is 5.94. The Kier molecular flexibility index (Phi) is 6.04. The quantitative estimate of drug-likeness (QED) is 0.278. The van der Waals surface area contributed by atoms with Gasteiger partial charge in [0.1, 0.15) is 5.82 Å². The van der Waals surface area contributed by atoms with E-state index in [1.54, 1.807) is 12.1 Å². The van der Waals surface area contributed by atoms with Gasteiger partial charge in [0.05, 0.1) is 5.75 Å². The van der Waals surface area contributed by atoms with E-state index in [0.717, 1.165) is 28.1 Å². The maximum atomic E-state index is 13.2. The van der Waals surface area contributed by atoms with E-state index in [4.69, 9.17) is 4.42 Å². The van der Waals surface area contributed by atoms with Crippen LogP contribution in [0.1, 0.15) is 32.9 Å². The summed E-state index contributed by atoms with van der Waals surface area (Å²) in [6, 6.07) is 16.1. The lowest BCUT2D eigenvalue weighted by Crippen LogP contribution is -2.07. The van der Waals surface area contributed by atoms with Gasteiger partial charge in [-0.2, -0.15) is 0 Å². The molecule has 5 nitrogen and oxygen atoms in total. The molecule has 4 aromatic rings. The molecule has 0 bridgehead atoms. The normalized spacial score (nSPS) is 11.1. The topological polar surface area (TPSA) is 60.9 Å². The first kappa shape index (κ1) is 21.1. The van der Waals surface area contributed by atoms with Crippen LogP contribution < -0.4 is 0 Å². The smallest absolute Gasteiger partial charge is 0.277 e. The molecule has 7 heteroatoms. The van der Waals surface area contributed by atoms with E-state index in [0.29, 0.717) is 23.2 Å². The molecule has 0 aliphatic rings. The summed E-state index contributed by atoms with van der Waals surface area (Å²) in [5, 5.41) is 8.51. The molecule has 0 radical (unpaired) electrons. The van der Waals surface area contributed by atoms with E-state index >= 15 is 0 Å². The highest BCUT2D eigenvalue weighted by Crippen LogP contribution is 2.25. The van der Waals surface area contributed by atoms with Crippen molar-refractivity contribution in [2.75, 3.05) is 5.75 Å². The van der Waals surface area contributed by atoms with Crippen molar-refractivity contribution < 1.29 is 13.6 Å². The number of carbonyl (C=O) groups is 1. The Morgan fingerprint density at radius 3 is 2.58 bits per heavy atom. The van der Waals surface area contributed by atoms with Gasteiger partial charge in [0.15, 0.2) is 5.78 Å². The highest BCUT2D eigenvalue weighted by molar-refractivity contribution is 7.99. The lowest BCUT2D eigenvalue weighted by Gasteiger charge is -2.10. The molecule has 0 saturated carbocycles. The number of Topliss-reactive ketones (excluding diaryl/α,β-unsaturated/α-hetero) is 1. The lowest BCUT2D eigenvalue weighted by molar-refractivity contribution is 0.102. The molecule has 0 atom stereocenters. The van der Waals surface area contributed by atoms with Crippen molar-refractivity contribution in [2.24, 2.45) is 0 Å². The third kappa shape index (κ3) is 4.77. The van der Waals surface area contributed by atoms with Gasteiger partial charge in [-0.3, -0.25) is 4.79 Å². The second-order valence-corrected chi connectivity index (χ2v) is 8.38. The Balaban J connectivity index is 1.44. The molecule has 31 heavy (non-hydrogen) atoms. The van der Waals surface area contributed by atoms with Crippen molar-refractivity contribution in [3.05, 3.63) is 88.5 Å². The minimum atomic E-state index is -0.260. The third-order valence-electron chi connectivity index (χ3n) is 5.13. The van der Waals surface area contributed by atoms with Crippen molar-refractivity contribution in [2.45, 2.75) is 32.5 Å². The average Bonchev–Trinajstić information content (AvgIpc) is 3.34. The molecule has 2 aromatic carbocycles. The summed E-state index contributed by atoms with van der Waals surface area (Å²) in [6.07, 6.45) is 0. The lowest BCUT2D eigenvalue weighted by atomic mass is 10.1. The van der Waals surface area contributed by atoms with E-state index in [2.05, 4.69) is 14.8 Å². The van der Waals surface area contributed by atoms with E-state index < -0.39 is 0 Å². The molecule has 0 saturated heterocycles. The highest BCUT2D eigenvalue weighted by Gasteiger charge is 2.18. The molecule has 0 fully saturated rings. The summed E-state index contributed by atoms with van der Waals surface area (Å²) < 4.78 is 20.9. The van der Waals surface area contributed by atoms with Crippen molar-refractivity contribution in [1.29, 1.82) is 0 Å². The summed E-state index contributed by atoms with van der Waals surface area (Å²) in [7, 11) is 0. The first-order valence-corrected chi connectivity index (χ1v) is 10.9. The summed E-state index contributed by atoms with van der Waals surface area (Å²) in [4.78, 5) is 12.8. The van der Waals surface area contributed by atoms with Crippen molar-refractivity contribution in [3.8, 4) is 11.5 Å². The number of ketones is 1. The van der Waals surface area contributed by atoms with Gasteiger partial charge in [-0.25, -0.2) is 4.39 Å². The molecule has 0 amide bonds. The summed E-state index contributed by atoms with van der Waals surface area (Å²) in [5.74, 6) is 0.384. The van der Waals surface area contributed by atoms with Crippen LogP contribution in [0.4, 0.5) is 4.39 Å². The SMILES string of the molecule is Cc1cccc(-c2nnc(SCC(=O)c3cc(C)n(Cc4ccc(F)cc4)c3C)o2)c1. The Morgan fingerprint density at radius 1 is 1.06 bits per heavy atom. The van der Waals surface area contributed by atoms with Crippen LogP contribution in [0.5, 0.6) is 0 Å². The van der Waals surface area contributed by atoms with Crippen molar-refractivity contribution in [3.63, 3.8) is 0 Å². The summed E-state index contributed by atoms with van der Waals surface area (Å²) in [6.45, 7) is 6.48. The first-order valence-electron chi connectivity index (χ1n) is 9.88. The second kappa shape index (κ2) is 8.89. The standard InChI is InChI=1S/C24H22FN3O2S/c1-15-5-4-6-19(11-15)23-26-27-24(30-23)31-14-22(29)21-12-16(2)28(17(21)3)13-18-7-9-20(25)10-8-18/h4-12H,13-14H2,1-3H3. The number of hydrogen-bond donors (Lipinski definition) is 0. The average molecular weight is 436 g/mol. The van der Waals surface area contributed by atoms with Gasteiger partial charge in [0.25, 0.3) is 5.22 Å². The van der Waals surface area contributed by atoms with Gasteiger partial charge in [0, 0.05) is 29.1 Å². The van der Waals surface area contributed by atoms with Crippen LogP contribution in [-0.2, 0) is 6.54 Å². The zero-order valence-corrected chi connectivity index (χ0v) is 18.4. The Morgan fingerprint density at radius 2 is 1.84 bits per heavy atom. The van der Waals surface area contributed by atoms with E-state index in [9.17, 15) is 9.18 Å². The molecule has 0 unspecified atom stereocenters. The van der Waals surface area contributed by atoms with E-state index in [1.165, 1.54) is 23.9 Å². The highest BCUT2D eigenvalue weighted by atomic mass is 32.2. The van der Waals surface area contributed by atoms with Crippen LogP contribution >= 0.6 is 11.8 Å². The molecule has 2 heterocycles. The van der Waals surface area contributed by atoms with Gasteiger partial charge in [-0.15, -0.1) is 10.2 Å². The Hall–Kier alpha value is -3.19. The van der Waals surface area contributed by atoms with E-state index in [-0.39, 0.29) is 17.4 Å². The zero-order valence-electron chi connectivity index (χ0n) is 17.6. The van der Waals surface area contributed by atoms with Crippen LogP contribution in [0.15, 0.2) is 64.2 Å². The Labute approximate surface area is 184 Å². The fourth-order valence-corrected chi connectivity index (χ4v) is 4.11. The predicted molar refractivity (Wildman–Crippen MR) is 119 cm³/mol. The number of aromatic nitrogens is 3. The number of halogens is 1. The maximum absolute atomic E-state index is 13.2. The summed E-state index contributed by atoms with van der Waals surface area (Å²) >= 11 is 1.23. The molecule has 0 N–H and O–H groups in total. The van der Waals surface area contributed by atoms with Crippen LogP contribution in [0.3, 0.4) is 0 Å². The molecule has 0 spiro atoms. The molecule has 0 aliphatic heterocycles. The number of benzene rings is 2. The zero-order chi connectivity index (χ0) is 22.0. The number of thioether (sulfide) groups is 1. The van der Waals surface area contributed by atoms with Gasteiger partial charge in [-0.1, -0.05) is 41.6 Å². The largest absolute Gasteiger partial charge is 0.411 e. The summed E-state index contributed by atoms with van der Waals surface area (Å²) in [5.41, 5.74) is 5.48. The van der Waals surface area contributed by atoms with Crippen LogP contribution in [0.25, 0.3) is 11.5 Å². The molecule has 0 aliphatic carbocycles. The van der Waals surface area contributed by atoms with Gasteiger partial charge in [0.2, 0.25) is 5.89 Å². The second-order valence-electron chi connectivity index (χ2n) is 7.45. The number of carbonyl (C=O) groups excluding carboxylic acids is 1. The van der Waals surface area contributed by atoms with Gasteiger partial charge in [-0.05, 0) is 56.7 Å². The number of nitrogens with zero attached hydrogens (tertiary/aromatic N) is 3. The van der Waals surface area contributed by atoms with E-state index in [1.807, 2.05) is 51.1 Å². The first-order chi connectivity index (χ1) is 14.9. The van der Waals surface area contributed by atoms with Gasteiger partial charge < -0.3 is 8.98 Å². The predicted octanol–water partition coefficient (Wildman–Crippen LogP) is 5.63. The molecule has 2 aromatic heterocycles. The van der Waals surface area contributed by atoms with Gasteiger partial charge >= 0.3 is 0 Å². The molecular formula is C24H22FN3O2S. The number of rotatable bonds is 7. The number of hydrogen-bond acceptors (Lipinski definition) is 5. The maximum Gasteiger partial charge on any atom is 0.277 e. The monoisotopic (exact) mass is 435 g/mol. The molecular weight excluding hydrogens is 413 g/mol. The molecule has 4 rings (SSSR count). The number of aryl methyl sites for hydroxylation is 2. The Bertz CT molecular complexity index is 1230. The van der Waals surface area contributed by atoms with Crippen molar-refractivity contribution in [1.82, 2.24) is 14.8 Å². The van der Waals surface area contributed by atoms with Crippen LogP contribution in [0, 0.1) is 26.6 Å². The van der Waals surface area contributed by atoms with Crippen molar-refractivity contribution >= 4 is 17.5 Å². The van der Waals surface area contributed by atoms with Crippen LogP contribution in [0.2, 0.25) is 0 Å². The van der Waals surface area contributed by atoms with Crippen LogP contribution in [-0.4, -0.2) is 26.3 Å². The molecule has 158 valence electrons. The fourth-order valence-electron chi connectivity index (χ4n) is 3.47. The fraction of sp³-hybridized carbons (Fsp3) is 0.208. The minimum absolute atomic E-state index is 0.00115. The minimum Gasteiger partial charge on any atom is -0.411 e.